The van der Waals surface area contributed by atoms with Gasteiger partial charge in [0.15, 0.2) is 0 Å². The largest absolute Gasteiger partial charge is 0.349 e. The second kappa shape index (κ2) is 7.10. The summed E-state index contributed by atoms with van der Waals surface area (Å²) < 4.78 is 0. The van der Waals surface area contributed by atoms with E-state index in [9.17, 15) is 4.79 Å². The number of carbonyl (C=O) groups excluding carboxylic acids is 1. The van der Waals surface area contributed by atoms with E-state index in [1.54, 1.807) is 0 Å². The second-order valence-electron chi connectivity index (χ2n) is 6.85. The summed E-state index contributed by atoms with van der Waals surface area (Å²) in [5.41, 5.74) is 3.93. The van der Waals surface area contributed by atoms with Crippen molar-refractivity contribution < 1.29 is 4.79 Å². The zero-order chi connectivity index (χ0) is 17.1. The Morgan fingerprint density at radius 1 is 0.960 bits per heavy atom. The van der Waals surface area contributed by atoms with Gasteiger partial charge in [-0.3, -0.25) is 4.79 Å². The maximum absolute atomic E-state index is 12.5. The van der Waals surface area contributed by atoms with Crippen molar-refractivity contribution in [2.45, 2.75) is 38.1 Å². The van der Waals surface area contributed by atoms with Gasteiger partial charge in [-0.05, 0) is 53.1 Å². The Labute approximate surface area is 148 Å². The van der Waals surface area contributed by atoms with Crippen molar-refractivity contribution in [2.75, 3.05) is 0 Å². The van der Waals surface area contributed by atoms with Gasteiger partial charge in [-0.15, -0.1) is 0 Å². The highest BCUT2D eigenvalue weighted by Gasteiger charge is 2.21. The van der Waals surface area contributed by atoms with Gasteiger partial charge in [-0.25, -0.2) is 0 Å². The molecule has 3 aromatic carbocycles. The fourth-order valence-electron chi connectivity index (χ4n) is 3.93. The Kier molecular flexibility index (Phi) is 4.51. The highest BCUT2D eigenvalue weighted by molar-refractivity contribution is 5.86. The lowest BCUT2D eigenvalue weighted by Gasteiger charge is -2.26. The molecule has 0 unspecified atom stereocenters. The van der Waals surface area contributed by atoms with Crippen LogP contribution < -0.4 is 5.32 Å². The Hall–Kier alpha value is -2.61. The van der Waals surface area contributed by atoms with Gasteiger partial charge in [-0.2, -0.15) is 0 Å². The summed E-state index contributed by atoms with van der Waals surface area (Å²) in [5, 5.41) is 5.74. The average molecular weight is 329 g/mol. The molecule has 1 amide bonds. The Morgan fingerprint density at radius 2 is 1.76 bits per heavy atom. The number of rotatable bonds is 4. The molecule has 2 heteroatoms. The van der Waals surface area contributed by atoms with Gasteiger partial charge in [0, 0.05) is 6.42 Å². The van der Waals surface area contributed by atoms with Crippen molar-refractivity contribution in [3.8, 4) is 0 Å². The van der Waals surface area contributed by atoms with E-state index >= 15 is 0 Å². The van der Waals surface area contributed by atoms with Crippen molar-refractivity contribution in [1.82, 2.24) is 5.32 Å². The van der Waals surface area contributed by atoms with E-state index in [0.717, 1.165) is 25.7 Å². The van der Waals surface area contributed by atoms with Crippen molar-refractivity contribution in [3.63, 3.8) is 0 Å². The minimum Gasteiger partial charge on any atom is -0.349 e. The van der Waals surface area contributed by atoms with Gasteiger partial charge in [0.05, 0.1) is 6.04 Å². The molecule has 0 fully saturated rings. The topological polar surface area (TPSA) is 29.1 Å². The average Bonchev–Trinajstić information content (AvgIpc) is 2.66. The molecule has 0 saturated carbocycles. The molecule has 126 valence electrons. The predicted molar refractivity (Wildman–Crippen MR) is 103 cm³/mol. The Morgan fingerprint density at radius 3 is 2.72 bits per heavy atom. The summed E-state index contributed by atoms with van der Waals surface area (Å²) in [7, 11) is 0. The van der Waals surface area contributed by atoms with Crippen LogP contribution in [0.3, 0.4) is 0 Å². The third-order valence-corrected chi connectivity index (χ3v) is 5.21. The maximum atomic E-state index is 12.5. The van der Waals surface area contributed by atoms with Crippen LogP contribution in [0.25, 0.3) is 10.8 Å². The van der Waals surface area contributed by atoms with E-state index in [2.05, 4.69) is 72.0 Å². The number of carbonyl (C=O) groups is 1. The zero-order valence-electron chi connectivity index (χ0n) is 14.4. The van der Waals surface area contributed by atoms with E-state index in [1.165, 1.54) is 27.5 Å². The molecule has 0 spiro atoms. The lowest BCUT2D eigenvalue weighted by molar-refractivity contribution is -0.121. The predicted octanol–water partition coefficient (Wildman–Crippen LogP) is 4.97. The van der Waals surface area contributed by atoms with Crippen molar-refractivity contribution in [3.05, 3.63) is 83.4 Å². The van der Waals surface area contributed by atoms with E-state index in [4.69, 9.17) is 0 Å². The molecule has 0 radical (unpaired) electrons. The quantitative estimate of drug-likeness (QED) is 0.719. The van der Waals surface area contributed by atoms with Crippen LogP contribution in [0, 0.1) is 0 Å². The summed E-state index contributed by atoms with van der Waals surface area (Å²) in [5.74, 6) is 0.148. The van der Waals surface area contributed by atoms with Crippen molar-refractivity contribution in [1.29, 1.82) is 0 Å². The van der Waals surface area contributed by atoms with E-state index in [-0.39, 0.29) is 11.9 Å². The van der Waals surface area contributed by atoms with Crippen LogP contribution in [0.15, 0.2) is 66.7 Å². The standard InChI is InChI=1S/C23H23NO/c25-23(24-22-14-6-11-18-8-2-4-13-21(18)22)16-15-19-10-5-9-17-7-1-3-12-20(17)19/h1-5,7-10,12-13,22H,6,11,14-16H2,(H,24,25)/t22-/m1/s1. The highest BCUT2D eigenvalue weighted by Crippen LogP contribution is 2.29. The van der Waals surface area contributed by atoms with Gasteiger partial charge in [-0.1, -0.05) is 66.7 Å². The first kappa shape index (κ1) is 15.9. The molecule has 25 heavy (non-hydrogen) atoms. The third-order valence-electron chi connectivity index (χ3n) is 5.21. The molecule has 1 aliphatic carbocycles. The fraction of sp³-hybridized carbons (Fsp3) is 0.261. The van der Waals surface area contributed by atoms with E-state index in [0.29, 0.717) is 6.42 Å². The summed E-state index contributed by atoms with van der Waals surface area (Å²) >= 11 is 0. The van der Waals surface area contributed by atoms with Gasteiger partial charge in [0.1, 0.15) is 0 Å². The molecule has 1 N–H and O–H groups in total. The SMILES string of the molecule is O=C(CCc1cccc2ccccc12)N[C@@H]1CCCc2ccccc21. The number of amides is 1. The maximum Gasteiger partial charge on any atom is 0.220 e. The van der Waals surface area contributed by atoms with E-state index < -0.39 is 0 Å². The third kappa shape index (κ3) is 3.43. The molecule has 4 rings (SSSR count). The number of aryl methyl sites for hydroxylation is 2. The van der Waals surface area contributed by atoms with Crippen LogP contribution in [-0.4, -0.2) is 5.91 Å². The van der Waals surface area contributed by atoms with E-state index in [1.807, 2.05) is 0 Å². The first-order valence-corrected chi connectivity index (χ1v) is 9.15. The molecule has 0 saturated heterocycles. The lowest BCUT2D eigenvalue weighted by atomic mass is 9.87. The van der Waals surface area contributed by atoms with Gasteiger partial charge >= 0.3 is 0 Å². The Bertz CT molecular complexity index is 894. The Balaban J connectivity index is 1.43. The molecule has 2 nitrogen and oxygen atoms in total. The van der Waals surface area contributed by atoms with Gasteiger partial charge in [0.25, 0.3) is 0 Å². The summed E-state index contributed by atoms with van der Waals surface area (Å²) in [6.07, 6.45) is 4.62. The molecule has 0 bridgehead atoms. The summed E-state index contributed by atoms with van der Waals surface area (Å²) in [6, 6.07) is 23.4. The smallest absolute Gasteiger partial charge is 0.220 e. The molecule has 1 aliphatic rings. The molecule has 1 atom stereocenters. The lowest BCUT2D eigenvalue weighted by Crippen LogP contribution is -2.31. The van der Waals surface area contributed by atoms with Crippen molar-refractivity contribution >= 4 is 16.7 Å². The van der Waals surface area contributed by atoms with Crippen LogP contribution in [0.5, 0.6) is 0 Å². The van der Waals surface area contributed by atoms with Crippen molar-refractivity contribution in [2.24, 2.45) is 0 Å². The minimum absolute atomic E-state index is 0.148. The monoisotopic (exact) mass is 329 g/mol. The van der Waals surface area contributed by atoms with Crippen LogP contribution in [0.4, 0.5) is 0 Å². The molecule has 0 aliphatic heterocycles. The number of nitrogens with one attached hydrogen (secondary N) is 1. The molecule has 0 heterocycles. The second-order valence-corrected chi connectivity index (χ2v) is 6.85. The van der Waals surface area contributed by atoms with Crippen LogP contribution in [-0.2, 0) is 17.6 Å². The number of fused-ring (bicyclic) bond motifs is 2. The van der Waals surface area contributed by atoms with Crippen LogP contribution in [0.2, 0.25) is 0 Å². The van der Waals surface area contributed by atoms with Crippen LogP contribution >= 0.6 is 0 Å². The number of benzene rings is 3. The first-order valence-electron chi connectivity index (χ1n) is 9.15. The molecular formula is C23H23NO. The first-order chi connectivity index (χ1) is 12.3. The normalized spacial score (nSPS) is 16.4. The highest BCUT2D eigenvalue weighted by atomic mass is 16.1. The summed E-state index contributed by atoms with van der Waals surface area (Å²) in [6.45, 7) is 0. The zero-order valence-corrected chi connectivity index (χ0v) is 14.4. The molecule has 3 aromatic rings. The number of hydrogen-bond acceptors (Lipinski definition) is 1. The molecule has 0 aromatic heterocycles. The van der Waals surface area contributed by atoms with Gasteiger partial charge in [0.2, 0.25) is 5.91 Å². The molecular weight excluding hydrogens is 306 g/mol. The number of hydrogen-bond donors (Lipinski definition) is 1. The minimum atomic E-state index is 0.148. The fourth-order valence-corrected chi connectivity index (χ4v) is 3.93. The summed E-state index contributed by atoms with van der Waals surface area (Å²) in [4.78, 5) is 12.5. The van der Waals surface area contributed by atoms with Gasteiger partial charge < -0.3 is 5.32 Å². The van der Waals surface area contributed by atoms with Crippen LogP contribution in [0.1, 0.15) is 42.0 Å².